The van der Waals surface area contributed by atoms with Crippen molar-refractivity contribution in [2.24, 2.45) is 11.3 Å². The zero-order chi connectivity index (χ0) is 11.1. The van der Waals surface area contributed by atoms with E-state index < -0.39 is 23.3 Å². The van der Waals surface area contributed by atoms with E-state index in [0.29, 0.717) is 0 Å². The molecule has 1 atom stereocenters. The van der Waals surface area contributed by atoms with E-state index in [4.69, 9.17) is 10.2 Å². The summed E-state index contributed by atoms with van der Waals surface area (Å²) < 4.78 is 36.3. The lowest BCUT2D eigenvalue weighted by molar-refractivity contribution is -0.377. The Bertz CT molecular complexity index is 179. The molecule has 0 saturated heterocycles. The van der Waals surface area contributed by atoms with Gasteiger partial charge in [0, 0.05) is 5.92 Å². The lowest BCUT2D eigenvalue weighted by Gasteiger charge is -2.38. The van der Waals surface area contributed by atoms with Crippen LogP contribution in [-0.2, 0) is 0 Å². The van der Waals surface area contributed by atoms with Gasteiger partial charge in [0.15, 0.2) is 0 Å². The quantitative estimate of drug-likeness (QED) is 0.635. The highest BCUT2D eigenvalue weighted by molar-refractivity contribution is 4.87. The molecule has 80 valence electrons. The van der Waals surface area contributed by atoms with E-state index in [1.54, 1.807) is 0 Å². The van der Waals surface area contributed by atoms with E-state index in [1.807, 2.05) is 0 Å². The molecule has 0 aliphatic carbocycles. The molecule has 13 heavy (non-hydrogen) atoms. The summed E-state index contributed by atoms with van der Waals surface area (Å²) in [6.45, 7) is 5.72. The Hall–Kier alpha value is -0.290. The van der Waals surface area contributed by atoms with Gasteiger partial charge in [-0.3, -0.25) is 0 Å². The molecule has 0 aromatic heterocycles. The van der Waals surface area contributed by atoms with Crippen molar-refractivity contribution in [2.75, 3.05) is 0 Å². The molecule has 0 fully saturated rings. The fraction of sp³-hybridized carbons (Fsp3) is 1.00. The van der Waals surface area contributed by atoms with Crippen molar-refractivity contribution in [3.05, 3.63) is 0 Å². The molecule has 5 heteroatoms. The molecule has 0 rings (SSSR count). The van der Waals surface area contributed by atoms with Crippen LogP contribution < -0.4 is 0 Å². The maximum absolute atomic E-state index is 12.1. The standard InChI is InChI=1S/C8H15F3O2/c1-5(6(2,3)4)7(12,13)8(9,10)11/h5,12-13H,1-4H3/t5-/m1/s1. The molecule has 0 heterocycles. The molecule has 0 aliphatic heterocycles. The van der Waals surface area contributed by atoms with Gasteiger partial charge in [0.05, 0.1) is 0 Å². The second kappa shape index (κ2) is 3.13. The first kappa shape index (κ1) is 12.7. The smallest absolute Gasteiger partial charge is 0.358 e. The number of aliphatic hydroxyl groups is 2. The molecule has 0 aromatic rings. The molecule has 0 aliphatic rings. The molecule has 0 unspecified atom stereocenters. The molecule has 0 amide bonds. The lowest BCUT2D eigenvalue weighted by Crippen LogP contribution is -2.54. The van der Waals surface area contributed by atoms with Gasteiger partial charge in [-0.25, -0.2) is 0 Å². The Balaban J connectivity index is 4.86. The van der Waals surface area contributed by atoms with Gasteiger partial charge in [0.25, 0.3) is 5.79 Å². The molecule has 0 radical (unpaired) electrons. The normalized spacial score (nSPS) is 17.3. The van der Waals surface area contributed by atoms with Crippen LogP contribution in [0.1, 0.15) is 27.7 Å². The predicted octanol–water partition coefficient (Wildman–Crippen LogP) is 1.91. The second-order valence-corrected chi connectivity index (χ2v) is 4.31. The van der Waals surface area contributed by atoms with Gasteiger partial charge in [-0.05, 0) is 5.41 Å². The van der Waals surface area contributed by atoms with Crippen LogP contribution in [0.15, 0.2) is 0 Å². The molecule has 2 N–H and O–H groups in total. The van der Waals surface area contributed by atoms with Crippen LogP contribution in [0.3, 0.4) is 0 Å². The zero-order valence-corrected chi connectivity index (χ0v) is 8.11. The Morgan fingerprint density at radius 3 is 1.38 bits per heavy atom. The first-order chi connectivity index (χ1) is 5.40. The number of halogens is 3. The van der Waals surface area contributed by atoms with Crippen molar-refractivity contribution in [2.45, 2.75) is 39.7 Å². The van der Waals surface area contributed by atoms with Crippen molar-refractivity contribution >= 4 is 0 Å². The molecular weight excluding hydrogens is 185 g/mol. The third kappa shape index (κ3) is 2.57. The van der Waals surface area contributed by atoms with E-state index in [-0.39, 0.29) is 0 Å². The topological polar surface area (TPSA) is 40.5 Å². The van der Waals surface area contributed by atoms with Crippen LogP contribution >= 0.6 is 0 Å². The van der Waals surface area contributed by atoms with Gasteiger partial charge in [-0.15, -0.1) is 0 Å². The van der Waals surface area contributed by atoms with Crippen LogP contribution in [0.4, 0.5) is 13.2 Å². The highest BCUT2D eigenvalue weighted by Crippen LogP contribution is 2.41. The third-order valence-corrected chi connectivity index (χ3v) is 2.32. The fourth-order valence-corrected chi connectivity index (χ4v) is 0.849. The van der Waals surface area contributed by atoms with Crippen LogP contribution in [0, 0.1) is 11.3 Å². The molecule has 0 saturated carbocycles. The average Bonchev–Trinajstić information content (AvgIpc) is 1.81. The number of hydrogen-bond donors (Lipinski definition) is 2. The summed E-state index contributed by atoms with van der Waals surface area (Å²) in [4.78, 5) is 0. The highest BCUT2D eigenvalue weighted by Gasteiger charge is 2.58. The van der Waals surface area contributed by atoms with E-state index in [0.717, 1.165) is 6.92 Å². The number of hydrogen-bond acceptors (Lipinski definition) is 2. The van der Waals surface area contributed by atoms with Crippen molar-refractivity contribution in [3.63, 3.8) is 0 Å². The van der Waals surface area contributed by atoms with Gasteiger partial charge in [0.2, 0.25) is 0 Å². The summed E-state index contributed by atoms with van der Waals surface area (Å²) in [5.41, 5.74) is -0.820. The Morgan fingerprint density at radius 1 is 1.00 bits per heavy atom. The number of rotatable bonds is 1. The summed E-state index contributed by atoms with van der Waals surface area (Å²) in [6, 6.07) is 0. The SMILES string of the molecule is C[C@H](C(C)(C)C)C(O)(O)C(F)(F)F. The molecule has 2 nitrogen and oxygen atoms in total. The summed E-state index contributed by atoms with van der Waals surface area (Å²) in [7, 11) is 0. The summed E-state index contributed by atoms with van der Waals surface area (Å²) in [5.74, 6) is -4.91. The van der Waals surface area contributed by atoms with Crippen LogP contribution in [0.25, 0.3) is 0 Å². The molecule has 0 aromatic carbocycles. The largest absolute Gasteiger partial charge is 0.443 e. The molecular formula is C8H15F3O2. The maximum Gasteiger partial charge on any atom is 0.443 e. The average molecular weight is 200 g/mol. The third-order valence-electron chi connectivity index (χ3n) is 2.32. The first-order valence-corrected chi connectivity index (χ1v) is 3.92. The van der Waals surface area contributed by atoms with E-state index in [2.05, 4.69) is 0 Å². The lowest BCUT2D eigenvalue weighted by atomic mass is 9.76. The van der Waals surface area contributed by atoms with Crippen molar-refractivity contribution in [1.82, 2.24) is 0 Å². The first-order valence-electron chi connectivity index (χ1n) is 3.92. The van der Waals surface area contributed by atoms with Crippen LogP contribution in [0.5, 0.6) is 0 Å². The highest BCUT2D eigenvalue weighted by atomic mass is 19.4. The van der Waals surface area contributed by atoms with Gasteiger partial charge < -0.3 is 10.2 Å². The van der Waals surface area contributed by atoms with E-state index >= 15 is 0 Å². The van der Waals surface area contributed by atoms with E-state index in [9.17, 15) is 13.2 Å². The molecule has 0 bridgehead atoms. The van der Waals surface area contributed by atoms with Crippen LogP contribution in [0.2, 0.25) is 0 Å². The van der Waals surface area contributed by atoms with Gasteiger partial charge in [0.1, 0.15) is 0 Å². The van der Waals surface area contributed by atoms with Crippen molar-refractivity contribution in [1.29, 1.82) is 0 Å². The molecule has 0 spiro atoms. The van der Waals surface area contributed by atoms with Crippen LogP contribution in [-0.4, -0.2) is 22.2 Å². The minimum Gasteiger partial charge on any atom is -0.358 e. The zero-order valence-electron chi connectivity index (χ0n) is 8.11. The fourth-order valence-electron chi connectivity index (χ4n) is 0.849. The minimum atomic E-state index is -5.01. The van der Waals surface area contributed by atoms with E-state index in [1.165, 1.54) is 20.8 Å². The summed E-state index contributed by atoms with van der Waals surface area (Å²) >= 11 is 0. The summed E-state index contributed by atoms with van der Waals surface area (Å²) in [6.07, 6.45) is -5.01. The van der Waals surface area contributed by atoms with Gasteiger partial charge in [-0.2, -0.15) is 13.2 Å². The van der Waals surface area contributed by atoms with Crippen molar-refractivity contribution < 1.29 is 23.4 Å². The predicted molar refractivity (Wildman–Crippen MR) is 41.8 cm³/mol. The summed E-state index contributed by atoms with van der Waals surface area (Å²) in [5, 5.41) is 17.8. The second-order valence-electron chi connectivity index (χ2n) is 4.31. The Labute approximate surface area is 75.4 Å². The minimum absolute atomic E-state index is 0.820. The Kier molecular flexibility index (Phi) is 3.06. The van der Waals surface area contributed by atoms with Crippen molar-refractivity contribution in [3.8, 4) is 0 Å². The van der Waals surface area contributed by atoms with Gasteiger partial charge >= 0.3 is 6.18 Å². The monoisotopic (exact) mass is 200 g/mol. The maximum atomic E-state index is 12.1. The number of alkyl halides is 3. The Morgan fingerprint density at radius 2 is 1.31 bits per heavy atom. The van der Waals surface area contributed by atoms with Gasteiger partial charge in [-0.1, -0.05) is 27.7 Å².